The van der Waals surface area contributed by atoms with Crippen LogP contribution in [0.1, 0.15) is 11.4 Å². The Morgan fingerprint density at radius 1 is 1.16 bits per heavy atom. The second-order valence-corrected chi connectivity index (χ2v) is 9.17. The Bertz CT molecular complexity index is 1220. The van der Waals surface area contributed by atoms with Crippen LogP contribution in [0.2, 0.25) is 5.02 Å². The van der Waals surface area contributed by atoms with Gasteiger partial charge in [0.05, 0.1) is 18.0 Å². The molecule has 4 rings (SSSR count). The second-order valence-electron chi connectivity index (χ2n) is 6.96. The van der Waals surface area contributed by atoms with Crippen molar-refractivity contribution in [2.75, 3.05) is 16.4 Å². The summed E-state index contributed by atoms with van der Waals surface area (Å²) in [6, 6.07) is 15.5. The summed E-state index contributed by atoms with van der Waals surface area (Å²) in [6.07, 6.45) is 0. The first kappa shape index (κ1) is 22.3. The van der Waals surface area contributed by atoms with E-state index < -0.39 is 0 Å². The van der Waals surface area contributed by atoms with Crippen LogP contribution in [0, 0.1) is 6.92 Å². The Hall–Kier alpha value is -2.88. The zero-order chi connectivity index (χ0) is 22.5. The predicted molar refractivity (Wildman–Crippen MR) is 131 cm³/mol. The summed E-state index contributed by atoms with van der Waals surface area (Å²) in [6.45, 7) is 2.36. The maximum Gasteiger partial charge on any atom is 0.234 e. The van der Waals surface area contributed by atoms with Gasteiger partial charge >= 0.3 is 0 Å². The molecule has 4 aromatic rings. The number of hydrogen-bond acceptors (Lipinski definition) is 7. The molecule has 0 saturated carbocycles. The number of nitrogens with one attached hydrogen (secondary N) is 2. The Kier molecular flexibility index (Phi) is 7.09. The number of carbonyl (C=O) groups excluding carboxylic acids is 1. The van der Waals surface area contributed by atoms with E-state index in [1.165, 1.54) is 11.8 Å². The molecular formula is C22H21ClN6OS2. The van der Waals surface area contributed by atoms with Crippen molar-refractivity contribution in [3.63, 3.8) is 0 Å². The highest BCUT2D eigenvalue weighted by Crippen LogP contribution is 2.26. The van der Waals surface area contributed by atoms with Gasteiger partial charge in [0.15, 0.2) is 16.1 Å². The van der Waals surface area contributed by atoms with Crippen LogP contribution in [0.15, 0.2) is 59.1 Å². The average molecular weight is 485 g/mol. The van der Waals surface area contributed by atoms with Crippen molar-refractivity contribution in [1.82, 2.24) is 19.7 Å². The van der Waals surface area contributed by atoms with E-state index >= 15 is 0 Å². The Balaban J connectivity index is 1.31. The third-order valence-corrected chi connectivity index (χ3v) is 7.00. The van der Waals surface area contributed by atoms with E-state index in [9.17, 15) is 4.79 Å². The van der Waals surface area contributed by atoms with E-state index in [0.717, 1.165) is 27.8 Å². The highest BCUT2D eigenvalue weighted by Gasteiger charge is 2.13. The normalized spacial score (nSPS) is 10.8. The standard InChI is InChI=1S/C22H21ClN6OS2/c1-14-16(23)9-6-10-17(14)25-20(30)13-32-22-28-27-19(29(22)2)11-24-21-26-18(12-31-21)15-7-4-3-5-8-15/h3-10,12H,11,13H2,1-2H3,(H,24,26)(H,25,30). The predicted octanol–water partition coefficient (Wildman–Crippen LogP) is 5.24. The van der Waals surface area contributed by atoms with E-state index in [4.69, 9.17) is 11.6 Å². The largest absolute Gasteiger partial charge is 0.354 e. The number of thiazole rings is 1. The molecule has 0 aliphatic carbocycles. The van der Waals surface area contributed by atoms with E-state index in [2.05, 4.69) is 25.8 Å². The molecular weight excluding hydrogens is 464 g/mol. The van der Waals surface area contributed by atoms with Crippen LogP contribution in [0.25, 0.3) is 11.3 Å². The van der Waals surface area contributed by atoms with Crippen LogP contribution in [0.4, 0.5) is 10.8 Å². The molecule has 0 aliphatic rings. The quantitative estimate of drug-likeness (QED) is 0.332. The van der Waals surface area contributed by atoms with Crippen molar-refractivity contribution in [2.24, 2.45) is 7.05 Å². The second kappa shape index (κ2) is 10.2. The Labute approximate surface area is 199 Å². The SMILES string of the molecule is Cc1c(Cl)cccc1NC(=O)CSc1nnc(CNc2nc(-c3ccccc3)cs2)n1C. The average Bonchev–Trinajstić information content (AvgIpc) is 3.41. The molecule has 0 saturated heterocycles. The molecule has 0 bridgehead atoms. The molecule has 0 radical (unpaired) electrons. The fraction of sp³-hybridized carbons (Fsp3) is 0.182. The zero-order valence-corrected chi connectivity index (χ0v) is 19.9. The van der Waals surface area contributed by atoms with Gasteiger partial charge in [0.2, 0.25) is 5.91 Å². The molecule has 2 N–H and O–H groups in total. The lowest BCUT2D eigenvalue weighted by atomic mass is 10.2. The smallest absolute Gasteiger partial charge is 0.234 e. The lowest BCUT2D eigenvalue weighted by Gasteiger charge is -2.09. The first-order chi connectivity index (χ1) is 15.5. The Morgan fingerprint density at radius 2 is 1.97 bits per heavy atom. The number of thioether (sulfide) groups is 1. The minimum absolute atomic E-state index is 0.126. The number of aromatic nitrogens is 4. The van der Waals surface area contributed by atoms with Crippen molar-refractivity contribution >= 4 is 51.4 Å². The van der Waals surface area contributed by atoms with Gasteiger partial charge in [-0.25, -0.2) is 4.98 Å². The highest BCUT2D eigenvalue weighted by atomic mass is 35.5. The van der Waals surface area contributed by atoms with Crippen LogP contribution in [-0.2, 0) is 18.4 Å². The van der Waals surface area contributed by atoms with Crippen molar-refractivity contribution in [3.8, 4) is 11.3 Å². The summed E-state index contributed by atoms with van der Waals surface area (Å²) < 4.78 is 1.88. The van der Waals surface area contributed by atoms with Gasteiger partial charge in [-0.1, -0.05) is 59.8 Å². The molecule has 164 valence electrons. The van der Waals surface area contributed by atoms with Crippen molar-refractivity contribution in [2.45, 2.75) is 18.6 Å². The third-order valence-electron chi connectivity index (χ3n) is 4.77. The van der Waals surface area contributed by atoms with Gasteiger partial charge < -0.3 is 15.2 Å². The molecule has 2 heterocycles. The van der Waals surface area contributed by atoms with Crippen LogP contribution in [0.5, 0.6) is 0 Å². The fourth-order valence-electron chi connectivity index (χ4n) is 2.94. The number of benzene rings is 2. The summed E-state index contributed by atoms with van der Waals surface area (Å²) >= 11 is 8.99. The summed E-state index contributed by atoms with van der Waals surface area (Å²) in [5, 5.41) is 18.8. The van der Waals surface area contributed by atoms with Gasteiger partial charge in [-0.2, -0.15) is 0 Å². The lowest BCUT2D eigenvalue weighted by molar-refractivity contribution is -0.113. The van der Waals surface area contributed by atoms with E-state index in [0.29, 0.717) is 22.4 Å². The van der Waals surface area contributed by atoms with Crippen LogP contribution in [0.3, 0.4) is 0 Å². The minimum atomic E-state index is -0.126. The van der Waals surface area contributed by atoms with E-state index in [1.807, 2.05) is 66.4 Å². The molecule has 2 aromatic heterocycles. The molecule has 0 aliphatic heterocycles. The molecule has 0 atom stereocenters. The minimum Gasteiger partial charge on any atom is -0.354 e. The van der Waals surface area contributed by atoms with Gasteiger partial charge in [0.25, 0.3) is 0 Å². The first-order valence-electron chi connectivity index (χ1n) is 9.82. The monoisotopic (exact) mass is 484 g/mol. The first-order valence-corrected chi connectivity index (χ1v) is 12.1. The van der Waals surface area contributed by atoms with Gasteiger partial charge in [-0.05, 0) is 24.6 Å². The molecule has 2 aromatic carbocycles. The van der Waals surface area contributed by atoms with Gasteiger partial charge in [0.1, 0.15) is 0 Å². The number of carbonyl (C=O) groups is 1. The number of amides is 1. The van der Waals surface area contributed by atoms with Crippen LogP contribution >= 0.6 is 34.7 Å². The summed E-state index contributed by atoms with van der Waals surface area (Å²) in [5.41, 5.74) is 3.58. The molecule has 0 spiro atoms. The molecule has 10 heteroatoms. The number of anilines is 2. The fourth-order valence-corrected chi connectivity index (χ4v) is 4.56. The number of hydrogen-bond donors (Lipinski definition) is 2. The van der Waals surface area contributed by atoms with Gasteiger partial charge in [-0.3, -0.25) is 4.79 Å². The maximum atomic E-state index is 12.3. The number of halogens is 1. The number of rotatable bonds is 8. The lowest BCUT2D eigenvalue weighted by Crippen LogP contribution is -2.15. The van der Waals surface area contributed by atoms with E-state index in [-0.39, 0.29) is 11.7 Å². The topological polar surface area (TPSA) is 84.7 Å². The molecule has 1 amide bonds. The highest BCUT2D eigenvalue weighted by molar-refractivity contribution is 7.99. The number of nitrogens with zero attached hydrogens (tertiary/aromatic N) is 4. The molecule has 32 heavy (non-hydrogen) atoms. The zero-order valence-electron chi connectivity index (χ0n) is 17.5. The van der Waals surface area contributed by atoms with Crippen LogP contribution in [-0.4, -0.2) is 31.4 Å². The van der Waals surface area contributed by atoms with Crippen molar-refractivity contribution < 1.29 is 4.79 Å². The summed E-state index contributed by atoms with van der Waals surface area (Å²) in [4.78, 5) is 17.0. The summed E-state index contributed by atoms with van der Waals surface area (Å²) in [7, 11) is 1.88. The maximum absolute atomic E-state index is 12.3. The molecule has 0 fully saturated rings. The molecule has 0 unspecified atom stereocenters. The molecule has 7 nitrogen and oxygen atoms in total. The van der Waals surface area contributed by atoms with Crippen LogP contribution < -0.4 is 10.6 Å². The van der Waals surface area contributed by atoms with Gasteiger partial charge in [0, 0.05) is 28.7 Å². The summed E-state index contributed by atoms with van der Waals surface area (Å²) in [5.74, 6) is 0.854. The third kappa shape index (κ3) is 5.29. The Morgan fingerprint density at radius 3 is 2.78 bits per heavy atom. The van der Waals surface area contributed by atoms with Crippen molar-refractivity contribution in [1.29, 1.82) is 0 Å². The van der Waals surface area contributed by atoms with Gasteiger partial charge in [-0.15, -0.1) is 21.5 Å². The van der Waals surface area contributed by atoms with E-state index in [1.54, 1.807) is 17.4 Å². The van der Waals surface area contributed by atoms with Crippen molar-refractivity contribution in [3.05, 3.63) is 70.3 Å².